The van der Waals surface area contributed by atoms with E-state index < -0.39 is 0 Å². The average molecular weight is 405 g/mol. The molecular formula is C21H36N6S. The van der Waals surface area contributed by atoms with Gasteiger partial charge in [0, 0.05) is 37.8 Å². The van der Waals surface area contributed by atoms with Crippen molar-refractivity contribution in [2.45, 2.75) is 65.8 Å². The number of piperidine rings is 2. The van der Waals surface area contributed by atoms with Gasteiger partial charge in [-0.2, -0.15) is 9.97 Å². The van der Waals surface area contributed by atoms with Gasteiger partial charge in [0.25, 0.3) is 0 Å². The van der Waals surface area contributed by atoms with E-state index in [1.54, 1.807) is 0 Å². The van der Waals surface area contributed by atoms with Crippen LogP contribution in [-0.2, 0) is 0 Å². The maximum absolute atomic E-state index is 5.49. The topological polar surface area (TPSA) is 56.3 Å². The van der Waals surface area contributed by atoms with Crippen LogP contribution in [0.3, 0.4) is 0 Å². The highest BCUT2D eigenvalue weighted by Gasteiger charge is 2.23. The summed E-state index contributed by atoms with van der Waals surface area (Å²) >= 11 is 5.49. The van der Waals surface area contributed by atoms with Gasteiger partial charge in [0.1, 0.15) is 11.6 Å². The largest absolute Gasteiger partial charge is 0.358 e. The zero-order valence-corrected chi connectivity index (χ0v) is 18.9. The molecule has 1 aromatic heterocycles. The molecule has 0 aliphatic carbocycles. The fraction of sp³-hybridized carbons (Fsp3) is 0.762. The molecule has 1 aromatic rings. The number of nitrogens with one attached hydrogen (secondary N) is 2. The summed E-state index contributed by atoms with van der Waals surface area (Å²) in [6.07, 6.45) is 5.02. The first-order chi connectivity index (χ1) is 13.2. The second-order valence-corrected chi connectivity index (χ2v) is 10.0. The van der Waals surface area contributed by atoms with E-state index in [1.807, 2.05) is 0 Å². The monoisotopic (exact) mass is 404 g/mol. The summed E-state index contributed by atoms with van der Waals surface area (Å²) in [6, 6.07) is 2.17. The summed E-state index contributed by atoms with van der Waals surface area (Å²) in [5.41, 5.74) is -0.102. The summed E-state index contributed by atoms with van der Waals surface area (Å²) in [4.78, 5) is 14.5. The van der Waals surface area contributed by atoms with Crippen molar-refractivity contribution in [2.75, 3.05) is 41.3 Å². The quantitative estimate of drug-likeness (QED) is 0.738. The minimum Gasteiger partial charge on any atom is -0.358 e. The molecule has 2 atom stereocenters. The Hall–Kier alpha value is -1.63. The van der Waals surface area contributed by atoms with E-state index in [2.05, 4.69) is 61.1 Å². The summed E-state index contributed by atoms with van der Waals surface area (Å²) in [6.45, 7) is 15.1. The predicted octanol–water partition coefficient (Wildman–Crippen LogP) is 4.03. The molecule has 2 saturated heterocycles. The Morgan fingerprint density at radius 2 is 1.50 bits per heavy atom. The standard InChI is InChI=1S/C21H36N6S/c1-15-8-6-10-26(13-15)17-12-18(27-11-7-9-16(2)14-27)23-19(22-17)24-20(28)25-21(3,4)5/h12,15-16H,6-11,13-14H2,1-5H3,(H2,22,23,24,25,28)/t15-,16-/m1/s1. The molecule has 2 fully saturated rings. The van der Waals surface area contributed by atoms with Gasteiger partial charge in [0.15, 0.2) is 5.11 Å². The lowest BCUT2D eigenvalue weighted by molar-refractivity contribution is 0.441. The number of rotatable bonds is 3. The number of hydrogen-bond acceptors (Lipinski definition) is 5. The molecule has 0 spiro atoms. The Morgan fingerprint density at radius 1 is 1.00 bits per heavy atom. The van der Waals surface area contributed by atoms with Crippen LogP contribution in [0.25, 0.3) is 0 Å². The summed E-state index contributed by atoms with van der Waals surface area (Å²) in [5, 5.41) is 7.08. The predicted molar refractivity (Wildman–Crippen MR) is 122 cm³/mol. The van der Waals surface area contributed by atoms with Crippen LogP contribution in [0.1, 0.15) is 60.3 Å². The molecule has 3 heterocycles. The Bertz CT molecular complexity index is 646. The highest BCUT2D eigenvalue weighted by atomic mass is 32.1. The van der Waals surface area contributed by atoms with Crippen molar-refractivity contribution in [3.8, 4) is 0 Å². The number of thiocarbonyl (C=S) groups is 1. The van der Waals surface area contributed by atoms with Crippen LogP contribution in [0, 0.1) is 11.8 Å². The third-order valence-corrected chi connectivity index (χ3v) is 5.58. The molecule has 0 bridgehead atoms. The second-order valence-electron chi connectivity index (χ2n) is 9.62. The molecule has 0 aromatic carbocycles. The lowest BCUT2D eigenvalue weighted by Gasteiger charge is -2.35. The minimum atomic E-state index is -0.102. The van der Waals surface area contributed by atoms with E-state index in [0.717, 1.165) is 37.8 Å². The highest BCUT2D eigenvalue weighted by Crippen LogP contribution is 2.28. The second kappa shape index (κ2) is 8.80. The first-order valence-electron chi connectivity index (χ1n) is 10.7. The lowest BCUT2D eigenvalue weighted by Crippen LogP contribution is -2.43. The van der Waals surface area contributed by atoms with Crippen molar-refractivity contribution in [3.05, 3.63) is 6.07 Å². The molecule has 28 heavy (non-hydrogen) atoms. The first kappa shape index (κ1) is 21.1. The van der Waals surface area contributed by atoms with Gasteiger partial charge in [-0.3, -0.25) is 0 Å². The SMILES string of the molecule is C[C@@H]1CCCN(c2cc(N3CCC[C@@H](C)C3)nc(NC(=S)NC(C)(C)C)n2)C1. The Morgan fingerprint density at radius 3 is 1.93 bits per heavy atom. The van der Waals surface area contributed by atoms with E-state index in [9.17, 15) is 0 Å². The van der Waals surface area contributed by atoms with E-state index in [-0.39, 0.29) is 5.54 Å². The van der Waals surface area contributed by atoms with Crippen LogP contribution in [0.2, 0.25) is 0 Å². The molecule has 3 rings (SSSR count). The molecular weight excluding hydrogens is 368 g/mol. The zero-order valence-electron chi connectivity index (χ0n) is 18.1. The first-order valence-corrected chi connectivity index (χ1v) is 11.1. The summed E-state index contributed by atoms with van der Waals surface area (Å²) < 4.78 is 0. The van der Waals surface area contributed by atoms with E-state index in [1.165, 1.54) is 25.7 Å². The molecule has 0 unspecified atom stereocenters. The van der Waals surface area contributed by atoms with Gasteiger partial charge >= 0.3 is 0 Å². The summed E-state index contributed by atoms with van der Waals surface area (Å²) in [7, 11) is 0. The molecule has 2 aliphatic rings. The van der Waals surface area contributed by atoms with E-state index in [0.29, 0.717) is 22.9 Å². The lowest BCUT2D eigenvalue weighted by atomic mass is 10.00. The third kappa shape index (κ3) is 5.93. The number of aromatic nitrogens is 2. The van der Waals surface area contributed by atoms with Gasteiger partial charge in [-0.1, -0.05) is 13.8 Å². The summed E-state index contributed by atoms with van der Waals surface area (Å²) in [5.74, 6) is 4.00. The van der Waals surface area contributed by atoms with Crippen LogP contribution in [0.15, 0.2) is 6.07 Å². The molecule has 7 heteroatoms. The van der Waals surface area contributed by atoms with Crippen molar-refractivity contribution < 1.29 is 0 Å². The smallest absolute Gasteiger partial charge is 0.232 e. The normalized spacial score (nSPS) is 23.5. The van der Waals surface area contributed by atoms with Crippen molar-refractivity contribution in [1.29, 1.82) is 0 Å². The molecule has 0 amide bonds. The van der Waals surface area contributed by atoms with Gasteiger partial charge in [-0.05, 0) is 70.5 Å². The van der Waals surface area contributed by atoms with Gasteiger partial charge < -0.3 is 20.4 Å². The van der Waals surface area contributed by atoms with Crippen LogP contribution in [-0.4, -0.2) is 46.8 Å². The molecule has 2 N–H and O–H groups in total. The van der Waals surface area contributed by atoms with Gasteiger partial charge in [-0.25, -0.2) is 0 Å². The van der Waals surface area contributed by atoms with E-state index in [4.69, 9.17) is 22.2 Å². The maximum Gasteiger partial charge on any atom is 0.232 e. The van der Waals surface area contributed by atoms with Gasteiger partial charge in [0.2, 0.25) is 5.95 Å². The Labute approximate surface area is 175 Å². The molecule has 0 radical (unpaired) electrons. The van der Waals surface area contributed by atoms with Crippen molar-refractivity contribution in [2.24, 2.45) is 11.8 Å². The Kier molecular flexibility index (Phi) is 6.63. The fourth-order valence-electron chi connectivity index (χ4n) is 4.07. The molecule has 6 nitrogen and oxygen atoms in total. The fourth-order valence-corrected chi connectivity index (χ4v) is 4.47. The van der Waals surface area contributed by atoms with Gasteiger partial charge in [-0.15, -0.1) is 0 Å². The Balaban J connectivity index is 1.86. The van der Waals surface area contributed by atoms with Crippen LogP contribution in [0.4, 0.5) is 17.6 Å². The molecule has 0 saturated carbocycles. The van der Waals surface area contributed by atoms with Crippen molar-refractivity contribution >= 4 is 34.9 Å². The number of nitrogens with zero attached hydrogens (tertiary/aromatic N) is 4. The zero-order chi connectivity index (χ0) is 20.3. The maximum atomic E-state index is 5.49. The number of anilines is 3. The molecule has 2 aliphatic heterocycles. The van der Waals surface area contributed by atoms with Crippen LogP contribution in [0.5, 0.6) is 0 Å². The van der Waals surface area contributed by atoms with Crippen LogP contribution < -0.4 is 20.4 Å². The van der Waals surface area contributed by atoms with Gasteiger partial charge in [0.05, 0.1) is 0 Å². The minimum absolute atomic E-state index is 0.102. The van der Waals surface area contributed by atoms with E-state index >= 15 is 0 Å². The van der Waals surface area contributed by atoms with Crippen molar-refractivity contribution in [3.63, 3.8) is 0 Å². The molecule has 156 valence electrons. The number of hydrogen-bond donors (Lipinski definition) is 2. The van der Waals surface area contributed by atoms with Crippen LogP contribution >= 0.6 is 12.2 Å². The third-order valence-electron chi connectivity index (χ3n) is 5.37. The van der Waals surface area contributed by atoms with Crippen molar-refractivity contribution in [1.82, 2.24) is 15.3 Å². The average Bonchev–Trinajstić information content (AvgIpc) is 2.60. The highest BCUT2D eigenvalue weighted by molar-refractivity contribution is 7.80.